The van der Waals surface area contributed by atoms with Gasteiger partial charge in [0.1, 0.15) is 16.6 Å². The van der Waals surface area contributed by atoms with E-state index in [1.54, 1.807) is 0 Å². The maximum Gasteiger partial charge on any atom is 0.303 e. The van der Waals surface area contributed by atoms with Crippen molar-refractivity contribution in [3.05, 3.63) is 11.6 Å². The highest BCUT2D eigenvalue weighted by Crippen LogP contribution is 2.67. The van der Waals surface area contributed by atoms with Crippen molar-refractivity contribution >= 4 is 40.5 Å². The standard InChI is InChI=1S/C39H61IO8/c1-22(2)10-9-11-23(3)30-14-15-31-29-13-12-27-20-28(16-18-38(27,7)32(29)17-19-39(30,31)8)47-37-34(40)36(46-26(6)43)35(45-25(5)42)33(48-37)21-44-24(4)41/h12,22-23,28-37H,9-11,13-21H2,1-8H3/t23-,28+,29+,30-,31+,32+,33-,34+,35-,36-,37+,38+,39-/m1/s1. The summed E-state index contributed by atoms with van der Waals surface area (Å²) in [6.45, 7) is 16.2. The number of alkyl halides is 1. The molecule has 0 bridgehead atoms. The molecule has 48 heavy (non-hydrogen) atoms. The molecule has 0 amide bonds. The van der Waals surface area contributed by atoms with Gasteiger partial charge in [-0.1, -0.05) is 88.1 Å². The van der Waals surface area contributed by atoms with Crippen molar-refractivity contribution in [2.24, 2.45) is 46.3 Å². The Kier molecular flexibility index (Phi) is 12.4. The molecule has 0 spiro atoms. The molecule has 1 saturated heterocycles. The maximum atomic E-state index is 12.1. The van der Waals surface area contributed by atoms with E-state index in [-0.39, 0.29) is 18.1 Å². The Morgan fingerprint density at radius 2 is 1.62 bits per heavy atom. The van der Waals surface area contributed by atoms with Gasteiger partial charge in [0.25, 0.3) is 0 Å². The molecule has 0 N–H and O–H groups in total. The zero-order chi connectivity index (χ0) is 35.0. The first-order valence-corrected chi connectivity index (χ1v) is 20.0. The number of carbonyl (C=O) groups is 3. The molecule has 272 valence electrons. The lowest BCUT2D eigenvalue weighted by Crippen LogP contribution is -2.60. The molecule has 1 heterocycles. The first kappa shape index (κ1) is 38.0. The molecule has 0 unspecified atom stereocenters. The van der Waals surface area contributed by atoms with Gasteiger partial charge >= 0.3 is 17.9 Å². The van der Waals surface area contributed by atoms with Crippen molar-refractivity contribution in [3.8, 4) is 0 Å². The van der Waals surface area contributed by atoms with E-state index in [0.29, 0.717) is 5.41 Å². The van der Waals surface area contributed by atoms with Gasteiger partial charge in [0, 0.05) is 20.8 Å². The van der Waals surface area contributed by atoms with Crippen LogP contribution in [-0.4, -0.2) is 59.1 Å². The van der Waals surface area contributed by atoms with Crippen LogP contribution in [0.25, 0.3) is 0 Å². The summed E-state index contributed by atoms with van der Waals surface area (Å²) in [7, 11) is 0. The third-order valence-electron chi connectivity index (χ3n) is 13.2. The van der Waals surface area contributed by atoms with Gasteiger partial charge in [-0.3, -0.25) is 14.4 Å². The number of rotatable bonds is 11. The monoisotopic (exact) mass is 784 g/mol. The topological polar surface area (TPSA) is 97.4 Å². The normalized spacial score (nSPS) is 41.3. The van der Waals surface area contributed by atoms with E-state index in [2.05, 4.69) is 63.3 Å². The highest BCUT2D eigenvalue weighted by atomic mass is 127. The lowest BCUT2D eigenvalue weighted by Gasteiger charge is -2.58. The first-order chi connectivity index (χ1) is 22.6. The molecule has 5 aliphatic rings. The van der Waals surface area contributed by atoms with Crippen molar-refractivity contribution in [2.75, 3.05) is 6.61 Å². The smallest absolute Gasteiger partial charge is 0.303 e. The van der Waals surface area contributed by atoms with Gasteiger partial charge in [-0.2, -0.15) is 0 Å². The molecule has 3 saturated carbocycles. The fourth-order valence-electron chi connectivity index (χ4n) is 10.9. The second-order valence-corrected chi connectivity index (χ2v) is 18.2. The third kappa shape index (κ3) is 7.98. The van der Waals surface area contributed by atoms with E-state index < -0.39 is 46.4 Å². The largest absolute Gasteiger partial charge is 0.463 e. The van der Waals surface area contributed by atoms with E-state index in [9.17, 15) is 14.4 Å². The summed E-state index contributed by atoms with van der Waals surface area (Å²) in [6, 6.07) is 0. The van der Waals surface area contributed by atoms with Crippen LogP contribution in [0.15, 0.2) is 11.6 Å². The van der Waals surface area contributed by atoms with Gasteiger partial charge in [0.2, 0.25) is 0 Å². The Hall–Kier alpha value is -1.20. The van der Waals surface area contributed by atoms with E-state index in [1.165, 1.54) is 77.7 Å². The van der Waals surface area contributed by atoms with Gasteiger partial charge < -0.3 is 23.7 Å². The predicted molar refractivity (Wildman–Crippen MR) is 192 cm³/mol. The summed E-state index contributed by atoms with van der Waals surface area (Å²) in [6.07, 6.45) is 12.9. The third-order valence-corrected chi connectivity index (χ3v) is 14.5. The molecule has 1 aliphatic heterocycles. The Morgan fingerprint density at radius 3 is 2.29 bits per heavy atom. The SMILES string of the molecule is CC(=O)OC[C@H]1O[C@H](O[C@H]2CC[C@@]3(C)C(=CC[C@H]4[C@@H]5CC[C@H]([C@H](C)CCCC(C)C)[C@@]5(C)CC[C@@H]43)C2)[C@@H](I)[C@@H](OC(C)=O)[C@@H]1OC(C)=O. The predicted octanol–water partition coefficient (Wildman–Crippen LogP) is 8.37. The van der Waals surface area contributed by atoms with Gasteiger partial charge in [0.15, 0.2) is 18.5 Å². The van der Waals surface area contributed by atoms with Crippen LogP contribution >= 0.6 is 22.6 Å². The van der Waals surface area contributed by atoms with Crippen LogP contribution in [0.5, 0.6) is 0 Å². The van der Waals surface area contributed by atoms with Gasteiger partial charge in [-0.25, -0.2) is 0 Å². The van der Waals surface area contributed by atoms with Crippen LogP contribution in [0.2, 0.25) is 0 Å². The number of halogens is 1. The second kappa shape index (κ2) is 15.6. The zero-order valence-corrected chi connectivity index (χ0v) is 32.8. The van der Waals surface area contributed by atoms with E-state index in [1.807, 2.05) is 0 Å². The number of fused-ring (bicyclic) bond motifs is 5. The average molecular weight is 785 g/mol. The first-order valence-electron chi connectivity index (χ1n) is 18.8. The van der Waals surface area contributed by atoms with Crippen molar-refractivity contribution in [1.82, 2.24) is 0 Å². The summed E-state index contributed by atoms with van der Waals surface area (Å²) in [5, 5.41) is 0. The molecule has 9 heteroatoms. The van der Waals surface area contributed by atoms with Gasteiger partial charge in [0.05, 0.1) is 6.10 Å². The number of carbonyl (C=O) groups excluding carboxylic acids is 3. The number of ether oxygens (including phenoxy) is 5. The average Bonchev–Trinajstić information content (AvgIpc) is 3.36. The molecule has 0 aromatic heterocycles. The summed E-state index contributed by atoms with van der Waals surface area (Å²) in [4.78, 5) is 35.8. The molecule has 0 aromatic rings. The quantitative estimate of drug-likeness (QED) is 0.0679. The molecule has 13 atom stereocenters. The molecule has 5 rings (SSSR count). The minimum Gasteiger partial charge on any atom is -0.463 e. The second-order valence-electron chi connectivity index (χ2n) is 16.7. The lowest BCUT2D eigenvalue weighted by molar-refractivity contribution is -0.272. The number of esters is 3. The highest BCUT2D eigenvalue weighted by molar-refractivity contribution is 14.1. The molecule has 0 radical (unpaired) electrons. The van der Waals surface area contributed by atoms with Gasteiger partial charge in [-0.15, -0.1) is 0 Å². The van der Waals surface area contributed by atoms with Crippen LogP contribution in [0, 0.1) is 46.3 Å². The van der Waals surface area contributed by atoms with E-state index in [0.717, 1.165) is 54.8 Å². The maximum absolute atomic E-state index is 12.1. The van der Waals surface area contributed by atoms with Crippen LogP contribution in [0.3, 0.4) is 0 Å². The molecule has 0 aromatic carbocycles. The molecule has 8 nitrogen and oxygen atoms in total. The van der Waals surface area contributed by atoms with Crippen molar-refractivity contribution in [2.45, 2.75) is 161 Å². The molecular weight excluding hydrogens is 723 g/mol. The van der Waals surface area contributed by atoms with Crippen molar-refractivity contribution in [1.29, 1.82) is 0 Å². The number of hydrogen-bond acceptors (Lipinski definition) is 8. The lowest BCUT2D eigenvalue weighted by atomic mass is 9.47. The Morgan fingerprint density at radius 1 is 0.917 bits per heavy atom. The zero-order valence-electron chi connectivity index (χ0n) is 30.6. The van der Waals surface area contributed by atoms with Crippen LogP contribution in [-0.2, 0) is 38.1 Å². The van der Waals surface area contributed by atoms with Crippen LogP contribution in [0.4, 0.5) is 0 Å². The summed E-state index contributed by atoms with van der Waals surface area (Å²) >= 11 is 2.18. The van der Waals surface area contributed by atoms with Crippen molar-refractivity contribution < 1.29 is 38.1 Å². The fourth-order valence-corrected chi connectivity index (χ4v) is 11.8. The summed E-state index contributed by atoms with van der Waals surface area (Å²) in [5.74, 6) is 3.30. The van der Waals surface area contributed by atoms with Crippen LogP contribution < -0.4 is 0 Å². The van der Waals surface area contributed by atoms with E-state index in [4.69, 9.17) is 23.7 Å². The van der Waals surface area contributed by atoms with Gasteiger partial charge in [-0.05, 0) is 97.7 Å². The molecule has 4 aliphatic carbocycles. The van der Waals surface area contributed by atoms with Crippen molar-refractivity contribution in [3.63, 3.8) is 0 Å². The summed E-state index contributed by atoms with van der Waals surface area (Å²) < 4.78 is 29.2. The minimum absolute atomic E-state index is 0.0443. The highest BCUT2D eigenvalue weighted by Gasteiger charge is 2.59. The Labute approximate surface area is 302 Å². The minimum atomic E-state index is -0.921. The molecular formula is C39H61IO8. The molecule has 4 fully saturated rings. The Balaban J connectivity index is 1.27. The van der Waals surface area contributed by atoms with E-state index >= 15 is 0 Å². The Bertz CT molecular complexity index is 1200. The fraction of sp³-hybridized carbons (Fsp3) is 0.872. The number of hydrogen-bond donors (Lipinski definition) is 0. The number of allylic oxidation sites excluding steroid dienone is 1. The summed E-state index contributed by atoms with van der Waals surface area (Å²) in [5.41, 5.74) is 2.20. The van der Waals surface area contributed by atoms with Crippen LogP contribution in [0.1, 0.15) is 126 Å².